The highest BCUT2D eigenvalue weighted by Crippen LogP contribution is 2.19. The van der Waals surface area contributed by atoms with Crippen molar-refractivity contribution >= 4 is 44.1 Å². The standard InChI is InChI=1S/C16H14BrN3O/c17-12-1-4-14(5-2-12)19-16(21)10-20-8-7-11-9-13(18)3-6-15(11)20/h1-9H,10,18H2,(H,19,21). The van der Waals surface area contributed by atoms with E-state index in [2.05, 4.69) is 21.2 Å². The quantitative estimate of drug-likeness (QED) is 0.713. The highest BCUT2D eigenvalue weighted by molar-refractivity contribution is 9.10. The van der Waals surface area contributed by atoms with Crippen LogP contribution in [0, 0.1) is 0 Å². The summed E-state index contributed by atoms with van der Waals surface area (Å²) in [5, 5.41) is 3.91. The number of nitrogens with one attached hydrogen (secondary N) is 1. The van der Waals surface area contributed by atoms with Crippen molar-refractivity contribution in [2.45, 2.75) is 6.54 Å². The maximum Gasteiger partial charge on any atom is 0.244 e. The topological polar surface area (TPSA) is 60.0 Å². The summed E-state index contributed by atoms with van der Waals surface area (Å²) in [6.45, 7) is 0.267. The largest absolute Gasteiger partial charge is 0.399 e. The smallest absolute Gasteiger partial charge is 0.244 e. The molecule has 0 fully saturated rings. The molecule has 0 aliphatic heterocycles. The molecule has 0 bridgehead atoms. The molecule has 0 saturated heterocycles. The molecule has 2 aromatic carbocycles. The number of amides is 1. The number of rotatable bonds is 3. The Kier molecular flexibility index (Phi) is 3.66. The van der Waals surface area contributed by atoms with Crippen LogP contribution in [0.25, 0.3) is 10.9 Å². The van der Waals surface area contributed by atoms with E-state index < -0.39 is 0 Å². The number of hydrogen-bond acceptors (Lipinski definition) is 2. The van der Waals surface area contributed by atoms with Crippen LogP contribution in [0.1, 0.15) is 0 Å². The Bertz CT molecular complexity index is 793. The first kappa shape index (κ1) is 13.7. The average Bonchev–Trinajstić information content (AvgIpc) is 2.83. The summed E-state index contributed by atoms with van der Waals surface area (Å²) < 4.78 is 2.89. The first-order valence-electron chi connectivity index (χ1n) is 6.51. The minimum absolute atomic E-state index is 0.0633. The number of fused-ring (bicyclic) bond motifs is 1. The van der Waals surface area contributed by atoms with Crippen LogP contribution in [0.3, 0.4) is 0 Å². The van der Waals surface area contributed by atoms with Gasteiger partial charge in [-0.15, -0.1) is 0 Å². The molecule has 4 nitrogen and oxygen atoms in total. The Morgan fingerprint density at radius 1 is 1.14 bits per heavy atom. The molecule has 1 amide bonds. The van der Waals surface area contributed by atoms with Gasteiger partial charge in [-0.2, -0.15) is 0 Å². The van der Waals surface area contributed by atoms with Gasteiger partial charge in [-0.05, 0) is 48.5 Å². The number of carbonyl (C=O) groups is 1. The summed E-state index contributed by atoms with van der Waals surface area (Å²) in [6.07, 6.45) is 1.89. The lowest BCUT2D eigenvalue weighted by atomic mass is 10.2. The number of anilines is 2. The van der Waals surface area contributed by atoms with Crippen molar-refractivity contribution in [2.24, 2.45) is 0 Å². The van der Waals surface area contributed by atoms with Gasteiger partial charge in [-0.3, -0.25) is 4.79 Å². The second-order valence-electron chi connectivity index (χ2n) is 4.82. The van der Waals surface area contributed by atoms with Crippen molar-refractivity contribution in [3.05, 3.63) is 59.2 Å². The Labute approximate surface area is 130 Å². The predicted octanol–water partition coefficient (Wildman–Crippen LogP) is 3.62. The summed E-state index contributed by atoms with van der Waals surface area (Å²) in [4.78, 5) is 12.1. The second kappa shape index (κ2) is 5.61. The van der Waals surface area contributed by atoms with E-state index in [0.717, 1.165) is 26.8 Å². The molecule has 3 rings (SSSR count). The summed E-state index contributed by atoms with van der Waals surface area (Å²) in [7, 11) is 0. The van der Waals surface area contributed by atoms with Crippen molar-refractivity contribution in [3.63, 3.8) is 0 Å². The van der Waals surface area contributed by atoms with Gasteiger partial charge in [-0.1, -0.05) is 15.9 Å². The molecule has 3 aromatic rings. The van der Waals surface area contributed by atoms with Gasteiger partial charge in [0.25, 0.3) is 0 Å². The summed E-state index contributed by atoms with van der Waals surface area (Å²) >= 11 is 3.37. The lowest BCUT2D eigenvalue weighted by Gasteiger charge is -2.07. The van der Waals surface area contributed by atoms with E-state index in [1.54, 1.807) is 0 Å². The molecule has 0 aliphatic carbocycles. The van der Waals surface area contributed by atoms with Gasteiger partial charge in [0.05, 0.1) is 0 Å². The first-order valence-corrected chi connectivity index (χ1v) is 7.31. The van der Waals surface area contributed by atoms with Gasteiger partial charge >= 0.3 is 0 Å². The lowest BCUT2D eigenvalue weighted by molar-refractivity contribution is -0.116. The molecule has 0 unspecified atom stereocenters. The van der Waals surface area contributed by atoms with E-state index in [-0.39, 0.29) is 12.5 Å². The maximum absolute atomic E-state index is 12.1. The molecule has 1 heterocycles. The summed E-state index contributed by atoms with van der Waals surface area (Å²) in [6, 6.07) is 15.1. The van der Waals surface area contributed by atoms with E-state index in [1.165, 1.54) is 0 Å². The van der Waals surface area contributed by atoms with E-state index in [0.29, 0.717) is 0 Å². The summed E-state index contributed by atoms with van der Waals surface area (Å²) in [5.41, 5.74) is 8.26. The van der Waals surface area contributed by atoms with Crippen LogP contribution in [0.5, 0.6) is 0 Å². The Hall–Kier alpha value is -2.27. The van der Waals surface area contributed by atoms with Gasteiger partial charge < -0.3 is 15.6 Å². The van der Waals surface area contributed by atoms with E-state index in [9.17, 15) is 4.79 Å². The van der Waals surface area contributed by atoms with Gasteiger partial charge in [0.2, 0.25) is 5.91 Å². The second-order valence-corrected chi connectivity index (χ2v) is 5.73. The van der Waals surface area contributed by atoms with Gasteiger partial charge in [0.1, 0.15) is 6.54 Å². The monoisotopic (exact) mass is 343 g/mol. The zero-order chi connectivity index (χ0) is 14.8. The maximum atomic E-state index is 12.1. The molecule has 3 N–H and O–H groups in total. The van der Waals surface area contributed by atoms with Crippen molar-refractivity contribution < 1.29 is 4.79 Å². The van der Waals surface area contributed by atoms with Crippen molar-refractivity contribution in [2.75, 3.05) is 11.1 Å². The van der Waals surface area contributed by atoms with E-state index >= 15 is 0 Å². The molecule has 0 atom stereocenters. The number of carbonyl (C=O) groups excluding carboxylic acids is 1. The summed E-state index contributed by atoms with van der Waals surface area (Å²) in [5.74, 6) is -0.0633. The van der Waals surface area contributed by atoms with Crippen LogP contribution in [-0.2, 0) is 11.3 Å². The van der Waals surface area contributed by atoms with Crippen LogP contribution in [0.4, 0.5) is 11.4 Å². The first-order chi connectivity index (χ1) is 10.1. The number of nitrogens with two attached hydrogens (primary N) is 1. The van der Waals surface area contributed by atoms with Crippen LogP contribution in [-0.4, -0.2) is 10.5 Å². The number of nitrogens with zero attached hydrogens (tertiary/aromatic N) is 1. The molecular weight excluding hydrogens is 330 g/mol. The van der Waals surface area contributed by atoms with Crippen LogP contribution >= 0.6 is 15.9 Å². The number of benzene rings is 2. The molecule has 5 heteroatoms. The molecular formula is C16H14BrN3O. The molecule has 0 saturated carbocycles. The van der Waals surface area contributed by atoms with E-state index in [4.69, 9.17) is 5.73 Å². The molecule has 21 heavy (non-hydrogen) atoms. The van der Waals surface area contributed by atoms with Crippen molar-refractivity contribution in [1.82, 2.24) is 4.57 Å². The number of aromatic nitrogens is 1. The number of hydrogen-bond donors (Lipinski definition) is 2. The SMILES string of the molecule is Nc1ccc2c(ccn2CC(=O)Nc2ccc(Br)cc2)c1. The normalized spacial score (nSPS) is 10.7. The Balaban J connectivity index is 1.75. The fourth-order valence-corrected chi connectivity index (χ4v) is 2.51. The van der Waals surface area contributed by atoms with Crippen molar-refractivity contribution in [3.8, 4) is 0 Å². The molecule has 0 spiro atoms. The highest BCUT2D eigenvalue weighted by Gasteiger charge is 2.07. The van der Waals surface area contributed by atoms with E-state index in [1.807, 2.05) is 59.3 Å². The average molecular weight is 344 g/mol. The molecule has 0 aliphatic rings. The van der Waals surface area contributed by atoms with Crippen LogP contribution < -0.4 is 11.1 Å². The number of nitrogen functional groups attached to an aromatic ring is 1. The third-order valence-corrected chi connectivity index (χ3v) is 3.77. The molecule has 106 valence electrons. The van der Waals surface area contributed by atoms with Gasteiger partial charge in [-0.25, -0.2) is 0 Å². The zero-order valence-electron chi connectivity index (χ0n) is 11.2. The minimum atomic E-state index is -0.0633. The van der Waals surface area contributed by atoms with Crippen LogP contribution in [0.2, 0.25) is 0 Å². The predicted molar refractivity (Wildman–Crippen MR) is 89.1 cm³/mol. The highest BCUT2D eigenvalue weighted by atomic mass is 79.9. The minimum Gasteiger partial charge on any atom is -0.399 e. The fraction of sp³-hybridized carbons (Fsp3) is 0.0625. The Morgan fingerprint density at radius 2 is 1.90 bits per heavy atom. The molecule has 1 aromatic heterocycles. The fourth-order valence-electron chi connectivity index (χ4n) is 2.24. The lowest BCUT2D eigenvalue weighted by Crippen LogP contribution is -2.18. The third-order valence-electron chi connectivity index (χ3n) is 3.24. The van der Waals surface area contributed by atoms with Gasteiger partial charge in [0, 0.05) is 32.9 Å². The number of halogens is 1. The van der Waals surface area contributed by atoms with Crippen LogP contribution in [0.15, 0.2) is 59.2 Å². The van der Waals surface area contributed by atoms with Gasteiger partial charge in [0.15, 0.2) is 0 Å². The zero-order valence-corrected chi connectivity index (χ0v) is 12.8. The third kappa shape index (κ3) is 3.08. The Morgan fingerprint density at radius 3 is 2.67 bits per heavy atom. The van der Waals surface area contributed by atoms with Crippen molar-refractivity contribution in [1.29, 1.82) is 0 Å². The molecule has 0 radical (unpaired) electrons.